The Balaban J connectivity index is 2.22. The molecule has 0 aliphatic carbocycles. The maximum Gasteiger partial charge on any atom is 0.346 e. The Morgan fingerprint density at radius 3 is 1.45 bits per heavy atom. The minimum absolute atomic E-state index is 0.0786. The van der Waals surface area contributed by atoms with Crippen LogP contribution in [0.4, 0.5) is 4.79 Å². The first kappa shape index (κ1) is 33.7. The van der Waals surface area contributed by atoms with Gasteiger partial charge in [-0.25, -0.2) is 14.4 Å². The molecule has 1 saturated heterocycles. The Morgan fingerprint density at radius 1 is 0.650 bits per heavy atom. The first-order chi connectivity index (χ1) is 19.3. The number of carbonyl (C=O) groups excluding carboxylic acids is 5. The lowest BCUT2D eigenvalue weighted by Gasteiger charge is -2.34. The van der Waals surface area contributed by atoms with Crippen LogP contribution in [0.25, 0.3) is 0 Å². The summed E-state index contributed by atoms with van der Waals surface area (Å²) >= 11 is 2.00. The van der Waals surface area contributed by atoms with Crippen molar-refractivity contribution >= 4 is 53.3 Å². The number of urea groups is 1. The average Bonchev–Trinajstić information content (AvgIpc) is 3.39. The third-order valence-electron chi connectivity index (χ3n) is 6.62. The number of hydrogen-bond acceptors (Lipinski definition) is 9. The fourth-order valence-corrected chi connectivity index (χ4v) is 6.60. The first-order valence-electron chi connectivity index (χ1n) is 14.2. The van der Waals surface area contributed by atoms with E-state index in [0.29, 0.717) is 17.1 Å². The quantitative estimate of drug-likeness (QED) is 0.0829. The maximum atomic E-state index is 13.3. The Labute approximate surface area is 246 Å². The standard InChI is InChI=1S/C29H42N2O7S2/c1-5-7-9-11-13-15-19-30-25(32)21(26(33)31(29(30)36)20-16-14-12-10-8-6-2)17-18-22-39-23(27(34)37-3)24(40-22)28(35)38-4/h17-18H,5-16,19-20H2,1-4H3. The maximum absolute atomic E-state index is 13.3. The van der Waals surface area contributed by atoms with E-state index in [2.05, 4.69) is 13.8 Å². The number of thioether (sulfide) groups is 2. The van der Waals surface area contributed by atoms with E-state index in [1.807, 2.05) is 0 Å². The fourth-order valence-electron chi connectivity index (χ4n) is 4.33. The number of unbranched alkanes of at least 4 members (excludes halogenated alkanes) is 10. The van der Waals surface area contributed by atoms with E-state index >= 15 is 0 Å². The topological polar surface area (TPSA) is 110 Å². The average molecular weight is 595 g/mol. The zero-order valence-corrected chi connectivity index (χ0v) is 25.8. The van der Waals surface area contributed by atoms with Gasteiger partial charge in [-0.05, 0) is 25.0 Å². The Kier molecular flexibility index (Phi) is 15.2. The van der Waals surface area contributed by atoms with Gasteiger partial charge in [0.05, 0.1) is 18.5 Å². The van der Waals surface area contributed by atoms with Crippen molar-refractivity contribution in [1.82, 2.24) is 9.80 Å². The zero-order chi connectivity index (χ0) is 29.5. The van der Waals surface area contributed by atoms with E-state index in [4.69, 9.17) is 9.47 Å². The molecule has 9 nitrogen and oxygen atoms in total. The number of ether oxygens (including phenoxy) is 2. The highest BCUT2D eigenvalue weighted by Crippen LogP contribution is 2.50. The van der Waals surface area contributed by atoms with Gasteiger partial charge in [0.25, 0.3) is 11.8 Å². The molecule has 0 atom stereocenters. The normalized spacial score (nSPS) is 15.8. The number of carbonyl (C=O) groups is 5. The molecule has 2 heterocycles. The van der Waals surface area contributed by atoms with Crippen LogP contribution in [-0.2, 0) is 28.7 Å². The summed E-state index contributed by atoms with van der Waals surface area (Å²) in [7, 11) is 2.43. The van der Waals surface area contributed by atoms with Crippen LogP contribution in [0.3, 0.4) is 0 Å². The van der Waals surface area contributed by atoms with Gasteiger partial charge in [-0.2, -0.15) is 0 Å². The van der Waals surface area contributed by atoms with Gasteiger partial charge in [-0.1, -0.05) is 102 Å². The molecule has 2 rings (SSSR count). The number of rotatable bonds is 17. The van der Waals surface area contributed by atoms with Gasteiger partial charge in [0.15, 0.2) is 0 Å². The highest BCUT2D eigenvalue weighted by atomic mass is 32.2. The van der Waals surface area contributed by atoms with Crippen LogP contribution in [0.5, 0.6) is 0 Å². The molecule has 4 amide bonds. The summed E-state index contributed by atoms with van der Waals surface area (Å²) < 4.78 is 10.0. The number of nitrogens with zero attached hydrogens (tertiary/aromatic N) is 2. The number of imide groups is 2. The number of hydrogen-bond donors (Lipinski definition) is 0. The van der Waals surface area contributed by atoms with E-state index in [1.54, 1.807) is 0 Å². The second kappa shape index (κ2) is 18.0. The summed E-state index contributed by atoms with van der Waals surface area (Å²) in [6.07, 6.45) is 14.9. The first-order valence-corrected chi connectivity index (χ1v) is 15.8. The lowest BCUT2D eigenvalue weighted by atomic mass is 10.1. The number of amides is 4. The van der Waals surface area contributed by atoms with Crippen molar-refractivity contribution in [3.05, 3.63) is 31.8 Å². The van der Waals surface area contributed by atoms with Crippen molar-refractivity contribution in [2.75, 3.05) is 27.3 Å². The molecule has 0 saturated carbocycles. The van der Waals surface area contributed by atoms with E-state index < -0.39 is 29.8 Å². The molecule has 2 aliphatic rings. The van der Waals surface area contributed by atoms with Crippen LogP contribution in [0.1, 0.15) is 90.9 Å². The van der Waals surface area contributed by atoms with E-state index in [1.165, 1.54) is 36.2 Å². The van der Waals surface area contributed by atoms with Gasteiger partial charge in [0, 0.05) is 13.1 Å². The summed E-state index contributed by atoms with van der Waals surface area (Å²) in [5, 5.41) is 0. The van der Waals surface area contributed by atoms with Crippen LogP contribution in [0.2, 0.25) is 0 Å². The zero-order valence-electron chi connectivity index (χ0n) is 24.1. The second-order valence-corrected chi connectivity index (χ2v) is 12.0. The predicted octanol–water partition coefficient (Wildman–Crippen LogP) is 6.30. The van der Waals surface area contributed by atoms with Crippen molar-refractivity contribution < 1.29 is 33.4 Å². The van der Waals surface area contributed by atoms with Gasteiger partial charge in [0.2, 0.25) is 0 Å². The molecule has 40 heavy (non-hydrogen) atoms. The second-order valence-electron chi connectivity index (χ2n) is 9.64. The number of allylic oxidation sites excluding steroid dienone is 2. The SMILES string of the molecule is CCCCCCCCN1C(=O)C(=CC=C2SC(C(=O)OC)=C(C(=O)OC)S2)C(=O)N(CCCCCCCC)C1=O. The summed E-state index contributed by atoms with van der Waals surface area (Å²) in [6.45, 7) is 4.80. The molecule has 2 aliphatic heterocycles. The summed E-state index contributed by atoms with van der Waals surface area (Å²) in [5.74, 6) is -2.61. The summed E-state index contributed by atoms with van der Waals surface area (Å²) in [5.41, 5.74) is -0.114. The highest BCUT2D eigenvalue weighted by Gasteiger charge is 2.41. The number of barbiturate groups is 1. The molecule has 0 aromatic rings. The van der Waals surface area contributed by atoms with Crippen LogP contribution < -0.4 is 0 Å². The third kappa shape index (κ3) is 9.54. The monoisotopic (exact) mass is 594 g/mol. The van der Waals surface area contributed by atoms with E-state index in [9.17, 15) is 24.0 Å². The van der Waals surface area contributed by atoms with Crippen molar-refractivity contribution in [2.24, 2.45) is 0 Å². The highest BCUT2D eigenvalue weighted by molar-refractivity contribution is 8.29. The van der Waals surface area contributed by atoms with Crippen molar-refractivity contribution in [3.63, 3.8) is 0 Å². The Morgan fingerprint density at radius 2 is 1.05 bits per heavy atom. The summed E-state index contributed by atoms with van der Waals surface area (Å²) in [6, 6.07) is -0.561. The molecule has 11 heteroatoms. The smallest absolute Gasteiger partial charge is 0.346 e. The van der Waals surface area contributed by atoms with Gasteiger partial charge < -0.3 is 9.47 Å². The number of esters is 2. The molecule has 0 bridgehead atoms. The molecule has 1 fully saturated rings. The molecule has 0 spiro atoms. The van der Waals surface area contributed by atoms with Gasteiger partial charge in [-0.3, -0.25) is 19.4 Å². The van der Waals surface area contributed by atoms with E-state index in [-0.39, 0.29) is 28.5 Å². The molecular weight excluding hydrogens is 552 g/mol. The molecule has 0 unspecified atom stereocenters. The predicted molar refractivity (Wildman–Crippen MR) is 158 cm³/mol. The summed E-state index contributed by atoms with van der Waals surface area (Å²) in [4.78, 5) is 66.8. The molecule has 0 aromatic carbocycles. The Hall–Kier alpha value is -2.53. The molecule has 0 N–H and O–H groups in total. The largest absolute Gasteiger partial charge is 0.465 e. The fraction of sp³-hybridized carbons (Fsp3) is 0.621. The van der Waals surface area contributed by atoms with Crippen LogP contribution in [0, 0.1) is 0 Å². The molecular formula is C29H42N2O7S2. The lowest BCUT2D eigenvalue weighted by molar-refractivity contribution is -0.138. The van der Waals surface area contributed by atoms with Crippen LogP contribution in [-0.4, -0.2) is 66.9 Å². The van der Waals surface area contributed by atoms with E-state index in [0.717, 1.165) is 87.7 Å². The van der Waals surface area contributed by atoms with Crippen molar-refractivity contribution in [1.29, 1.82) is 0 Å². The third-order valence-corrected chi connectivity index (χ3v) is 9.08. The minimum Gasteiger partial charge on any atom is -0.465 e. The van der Waals surface area contributed by atoms with Crippen LogP contribution in [0.15, 0.2) is 31.8 Å². The Bertz CT molecular complexity index is 965. The van der Waals surface area contributed by atoms with Gasteiger partial charge in [-0.15, -0.1) is 0 Å². The van der Waals surface area contributed by atoms with Crippen molar-refractivity contribution in [3.8, 4) is 0 Å². The molecule has 0 radical (unpaired) electrons. The van der Waals surface area contributed by atoms with Gasteiger partial charge in [0.1, 0.15) is 15.4 Å². The lowest BCUT2D eigenvalue weighted by Crippen LogP contribution is -2.56. The van der Waals surface area contributed by atoms with Crippen molar-refractivity contribution in [2.45, 2.75) is 90.9 Å². The van der Waals surface area contributed by atoms with Gasteiger partial charge >= 0.3 is 18.0 Å². The molecule has 0 aromatic heterocycles. The molecule has 222 valence electrons. The minimum atomic E-state index is -0.681. The number of methoxy groups -OCH3 is 2. The van der Waals surface area contributed by atoms with Crippen LogP contribution >= 0.6 is 23.5 Å².